The number of carbonyl (C=O) groups excluding carboxylic acids is 1. The number of aryl methyl sites for hydroxylation is 3. The monoisotopic (exact) mass is 566 g/mol. The highest BCUT2D eigenvalue weighted by atomic mass is 16.5. The first kappa shape index (κ1) is 34.3. The summed E-state index contributed by atoms with van der Waals surface area (Å²) < 4.78 is 6.06. The van der Waals surface area contributed by atoms with E-state index in [1.165, 1.54) is 25.3 Å². The van der Waals surface area contributed by atoms with Crippen molar-refractivity contribution >= 4 is 5.97 Å². The van der Waals surface area contributed by atoms with Crippen LogP contribution < -0.4 is 0 Å². The van der Waals surface area contributed by atoms with E-state index in [1.807, 2.05) is 6.92 Å². The average Bonchev–Trinajstić information content (AvgIpc) is 2.90. The van der Waals surface area contributed by atoms with Crippen molar-refractivity contribution in [3.63, 3.8) is 0 Å². The van der Waals surface area contributed by atoms with Crippen LogP contribution in [0.15, 0.2) is 42.5 Å². The van der Waals surface area contributed by atoms with Crippen molar-refractivity contribution in [1.29, 1.82) is 0 Å². The minimum absolute atomic E-state index is 0.0930. The Hall–Kier alpha value is -2.95. The Morgan fingerprint density at radius 2 is 1.32 bits per heavy atom. The van der Waals surface area contributed by atoms with E-state index in [0.29, 0.717) is 5.56 Å². The van der Waals surface area contributed by atoms with E-state index in [0.717, 1.165) is 107 Å². The van der Waals surface area contributed by atoms with Crippen molar-refractivity contribution < 1.29 is 24.9 Å². The first-order chi connectivity index (χ1) is 19.8. The minimum Gasteiger partial charge on any atom is -0.508 e. The molecule has 2 aromatic rings. The van der Waals surface area contributed by atoms with E-state index in [4.69, 9.17) is 4.74 Å². The standard InChI is InChI=1S/C36H54O5/c1-4-6-7-8-9-10-11-14-17-21-30-26-31(37)23-28(3)35(30)36(40)41-34(19-5-2)22-18-15-12-13-16-20-29-24-32(38)27-33(39)25-29/h7-8,23-27,34,37-39H,4-6,9-22H2,1-3H3/b8-7+. The summed E-state index contributed by atoms with van der Waals surface area (Å²) in [4.78, 5) is 13.4. The van der Waals surface area contributed by atoms with Crippen LogP contribution in [0.25, 0.3) is 0 Å². The summed E-state index contributed by atoms with van der Waals surface area (Å²) in [6.45, 7) is 6.20. The first-order valence-corrected chi connectivity index (χ1v) is 16.0. The molecule has 3 N–H and O–H groups in total. The summed E-state index contributed by atoms with van der Waals surface area (Å²) in [5, 5.41) is 29.5. The molecule has 228 valence electrons. The number of esters is 1. The number of rotatable bonds is 21. The van der Waals surface area contributed by atoms with E-state index in [2.05, 4.69) is 26.0 Å². The molecule has 0 fully saturated rings. The average molecular weight is 567 g/mol. The van der Waals surface area contributed by atoms with Crippen molar-refractivity contribution in [2.24, 2.45) is 0 Å². The van der Waals surface area contributed by atoms with Crippen LogP contribution in [0, 0.1) is 6.92 Å². The summed E-state index contributed by atoms with van der Waals surface area (Å²) in [6.07, 6.45) is 22.0. The van der Waals surface area contributed by atoms with Gasteiger partial charge in [-0.15, -0.1) is 0 Å². The molecule has 0 spiro atoms. The molecule has 1 unspecified atom stereocenters. The number of hydrogen-bond acceptors (Lipinski definition) is 5. The summed E-state index contributed by atoms with van der Waals surface area (Å²) in [7, 11) is 0. The molecular weight excluding hydrogens is 512 g/mol. The Morgan fingerprint density at radius 1 is 0.707 bits per heavy atom. The van der Waals surface area contributed by atoms with Gasteiger partial charge < -0.3 is 20.1 Å². The molecule has 41 heavy (non-hydrogen) atoms. The molecule has 0 amide bonds. The number of carbonyl (C=O) groups is 1. The predicted octanol–water partition coefficient (Wildman–Crippen LogP) is 9.87. The minimum atomic E-state index is -0.258. The molecule has 0 radical (unpaired) electrons. The van der Waals surface area contributed by atoms with Crippen LogP contribution in [-0.2, 0) is 17.6 Å². The second-order valence-corrected chi connectivity index (χ2v) is 11.5. The zero-order valence-corrected chi connectivity index (χ0v) is 25.8. The number of aromatic hydroxyl groups is 3. The third kappa shape index (κ3) is 14.0. The second kappa shape index (κ2) is 20.0. The Balaban J connectivity index is 1.79. The quantitative estimate of drug-likeness (QED) is 0.0795. The molecule has 1 atom stereocenters. The van der Waals surface area contributed by atoms with Gasteiger partial charge in [-0.1, -0.05) is 70.9 Å². The summed E-state index contributed by atoms with van der Waals surface area (Å²) >= 11 is 0. The second-order valence-electron chi connectivity index (χ2n) is 11.5. The smallest absolute Gasteiger partial charge is 0.338 e. The lowest BCUT2D eigenvalue weighted by Crippen LogP contribution is -2.20. The third-order valence-corrected chi connectivity index (χ3v) is 7.63. The molecule has 0 saturated heterocycles. The van der Waals surface area contributed by atoms with E-state index < -0.39 is 0 Å². The van der Waals surface area contributed by atoms with Crippen LogP contribution in [0.5, 0.6) is 17.2 Å². The predicted molar refractivity (Wildman–Crippen MR) is 169 cm³/mol. The lowest BCUT2D eigenvalue weighted by atomic mass is 9.96. The third-order valence-electron chi connectivity index (χ3n) is 7.63. The van der Waals surface area contributed by atoms with Crippen LogP contribution in [-0.4, -0.2) is 27.4 Å². The molecule has 5 nitrogen and oxygen atoms in total. The van der Waals surface area contributed by atoms with Gasteiger partial charge in [-0.25, -0.2) is 4.79 Å². The molecule has 0 aliphatic rings. The van der Waals surface area contributed by atoms with Crippen LogP contribution in [0.4, 0.5) is 0 Å². The zero-order valence-electron chi connectivity index (χ0n) is 25.8. The Bertz CT molecular complexity index is 1040. The number of hydrogen-bond donors (Lipinski definition) is 3. The number of unbranched alkanes of at least 4 members (excludes halogenated alkanes) is 9. The van der Waals surface area contributed by atoms with E-state index in [9.17, 15) is 20.1 Å². The van der Waals surface area contributed by atoms with Gasteiger partial charge in [0.2, 0.25) is 0 Å². The molecule has 5 heteroatoms. The van der Waals surface area contributed by atoms with Gasteiger partial charge >= 0.3 is 5.97 Å². The largest absolute Gasteiger partial charge is 0.508 e. The van der Waals surface area contributed by atoms with Gasteiger partial charge in [0.25, 0.3) is 0 Å². The van der Waals surface area contributed by atoms with Crippen LogP contribution in [0.3, 0.4) is 0 Å². The van der Waals surface area contributed by atoms with Gasteiger partial charge in [0.1, 0.15) is 23.4 Å². The van der Waals surface area contributed by atoms with Gasteiger partial charge in [0.05, 0.1) is 5.56 Å². The Labute approximate surface area is 248 Å². The van der Waals surface area contributed by atoms with Gasteiger partial charge in [-0.05, 0) is 112 Å². The Kier molecular flexibility index (Phi) is 16.7. The fourth-order valence-corrected chi connectivity index (χ4v) is 5.49. The summed E-state index contributed by atoms with van der Waals surface area (Å²) in [5.74, 6) is 0.160. The number of phenolic OH excluding ortho intramolecular Hbond substituents is 3. The number of phenols is 3. The fourth-order valence-electron chi connectivity index (χ4n) is 5.49. The topological polar surface area (TPSA) is 87.0 Å². The molecule has 0 aliphatic carbocycles. The van der Waals surface area contributed by atoms with Crippen molar-refractivity contribution in [2.75, 3.05) is 0 Å². The zero-order chi connectivity index (χ0) is 29.9. The van der Waals surface area contributed by atoms with Gasteiger partial charge in [-0.2, -0.15) is 0 Å². The molecule has 0 saturated carbocycles. The van der Waals surface area contributed by atoms with E-state index in [1.54, 1.807) is 24.3 Å². The number of benzene rings is 2. The SMILES string of the molecule is CCC/C=C/CCCCCCc1cc(O)cc(C)c1C(=O)OC(CCC)CCCCCCCc1cc(O)cc(O)c1. The molecule has 0 bridgehead atoms. The van der Waals surface area contributed by atoms with E-state index in [-0.39, 0.29) is 29.3 Å². The highest BCUT2D eigenvalue weighted by Gasteiger charge is 2.21. The van der Waals surface area contributed by atoms with Crippen molar-refractivity contribution in [1.82, 2.24) is 0 Å². The van der Waals surface area contributed by atoms with Gasteiger partial charge in [0.15, 0.2) is 0 Å². The lowest BCUT2D eigenvalue weighted by Gasteiger charge is -2.20. The van der Waals surface area contributed by atoms with Gasteiger partial charge in [-0.3, -0.25) is 0 Å². The molecule has 2 rings (SSSR count). The Morgan fingerprint density at radius 3 is 2.02 bits per heavy atom. The van der Waals surface area contributed by atoms with Gasteiger partial charge in [0, 0.05) is 6.07 Å². The van der Waals surface area contributed by atoms with E-state index >= 15 is 0 Å². The van der Waals surface area contributed by atoms with Crippen LogP contribution in [0.2, 0.25) is 0 Å². The van der Waals surface area contributed by atoms with Crippen molar-refractivity contribution in [3.8, 4) is 17.2 Å². The highest BCUT2D eigenvalue weighted by molar-refractivity contribution is 5.93. The normalized spacial score (nSPS) is 12.2. The van der Waals surface area contributed by atoms with Crippen molar-refractivity contribution in [3.05, 3.63) is 64.7 Å². The molecular formula is C36H54O5. The molecule has 0 aliphatic heterocycles. The first-order valence-electron chi connectivity index (χ1n) is 16.0. The number of allylic oxidation sites excluding steroid dienone is 2. The number of ether oxygens (including phenoxy) is 1. The summed E-state index contributed by atoms with van der Waals surface area (Å²) in [5.41, 5.74) is 3.26. The highest BCUT2D eigenvalue weighted by Crippen LogP contribution is 2.26. The fraction of sp³-hybridized carbons (Fsp3) is 0.583. The maximum absolute atomic E-state index is 13.4. The van der Waals surface area contributed by atoms with Crippen LogP contribution in [0.1, 0.15) is 137 Å². The van der Waals surface area contributed by atoms with Crippen LogP contribution >= 0.6 is 0 Å². The molecule has 0 heterocycles. The molecule has 0 aromatic heterocycles. The lowest BCUT2D eigenvalue weighted by molar-refractivity contribution is 0.0251. The van der Waals surface area contributed by atoms with Crippen molar-refractivity contribution in [2.45, 2.75) is 136 Å². The maximum Gasteiger partial charge on any atom is 0.338 e. The summed E-state index contributed by atoms with van der Waals surface area (Å²) in [6, 6.07) is 8.17. The molecule has 2 aromatic carbocycles. The maximum atomic E-state index is 13.4.